The molecule has 3 aromatic rings. The Bertz CT molecular complexity index is 1040. The Morgan fingerprint density at radius 3 is 2.42 bits per heavy atom. The van der Waals surface area contributed by atoms with E-state index in [4.69, 9.17) is 0 Å². The predicted molar refractivity (Wildman–Crippen MR) is 99.4 cm³/mol. The van der Waals surface area contributed by atoms with Crippen LogP contribution in [-0.2, 0) is 10.0 Å². The Morgan fingerprint density at radius 1 is 1.08 bits per heavy atom. The molecule has 1 heterocycles. The van der Waals surface area contributed by atoms with Crippen molar-refractivity contribution in [1.29, 1.82) is 0 Å². The molecule has 2 aromatic carbocycles. The minimum Gasteiger partial charge on any atom is -0.267 e. The van der Waals surface area contributed by atoms with Crippen LogP contribution in [0.5, 0.6) is 0 Å². The topological polar surface area (TPSA) is 81.1 Å². The molecule has 1 aromatic heterocycles. The van der Waals surface area contributed by atoms with Crippen LogP contribution in [0.3, 0.4) is 0 Å². The molecular formula is C19H19N3O3S. The van der Waals surface area contributed by atoms with Gasteiger partial charge < -0.3 is 0 Å². The maximum atomic E-state index is 13.1. The van der Waals surface area contributed by atoms with Crippen LogP contribution in [-0.4, -0.2) is 30.7 Å². The smallest absolute Gasteiger partial charge is 0.267 e. The van der Waals surface area contributed by atoms with Gasteiger partial charge in [0, 0.05) is 12.1 Å². The quantitative estimate of drug-likeness (QED) is 0.750. The number of carbonyl (C=O) groups is 1. The molecule has 26 heavy (non-hydrogen) atoms. The number of aryl methyl sites for hydroxylation is 1. The van der Waals surface area contributed by atoms with Crippen molar-refractivity contribution in [3.05, 3.63) is 71.9 Å². The van der Waals surface area contributed by atoms with Crippen LogP contribution in [0.15, 0.2) is 65.6 Å². The number of aromatic nitrogens is 2. The van der Waals surface area contributed by atoms with E-state index < -0.39 is 15.9 Å². The molecule has 0 aliphatic heterocycles. The summed E-state index contributed by atoms with van der Waals surface area (Å²) >= 11 is 0. The molecule has 6 nitrogen and oxygen atoms in total. The van der Waals surface area contributed by atoms with Gasteiger partial charge in [-0.1, -0.05) is 49.4 Å². The fourth-order valence-electron chi connectivity index (χ4n) is 2.73. The summed E-state index contributed by atoms with van der Waals surface area (Å²) in [4.78, 5) is 13.1. The molecule has 1 N–H and O–H groups in total. The van der Waals surface area contributed by atoms with Gasteiger partial charge in [0.25, 0.3) is 5.91 Å². The van der Waals surface area contributed by atoms with Gasteiger partial charge in [0.15, 0.2) is 0 Å². The summed E-state index contributed by atoms with van der Waals surface area (Å²) in [6, 6.07) is 17.3. The minimum absolute atomic E-state index is 0.0565. The molecule has 0 amide bonds. The third-order valence-corrected chi connectivity index (χ3v) is 5.44. The largest absolute Gasteiger partial charge is 0.280 e. The first kappa shape index (κ1) is 18.0. The van der Waals surface area contributed by atoms with Gasteiger partial charge in [0.05, 0.1) is 21.8 Å². The number of nitrogens with one attached hydrogen (secondary N) is 1. The Balaban J connectivity index is 2.13. The van der Waals surface area contributed by atoms with E-state index in [-0.39, 0.29) is 17.0 Å². The molecule has 3 rings (SSSR count). The van der Waals surface area contributed by atoms with E-state index in [1.54, 1.807) is 32.0 Å². The normalized spacial score (nSPS) is 11.5. The van der Waals surface area contributed by atoms with Crippen LogP contribution in [0.4, 0.5) is 0 Å². The van der Waals surface area contributed by atoms with Crippen LogP contribution in [0.2, 0.25) is 0 Å². The summed E-state index contributed by atoms with van der Waals surface area (Å²) in [5, 5.41) is 4.28. The second-order valence-corrected chi connectivity index (χ2v) is 7.49. The molecule has 0 saturated heterocycles. The van der Waals surface area contributed by atoms with E-state index in [9.17, 15) is 13.2 Å². The summed E-state index contributed by atoms with van der Waals surface area (Å²) in [5.41, 5.74) is 2.19. The Labute approximate surface area is 152 Å². The van der Waals surface area contributed by atoms with Crippen molar-refractivity contribution < 1.29 is 13.2 Å². The lowest BCUT2D eigenvalue weighted by atomic mass is 10.1. The summed E-state index contributed by atoms with van der Waals surface area (Å²) in [5.74, 6) is -0.492. The molecule has 0 saturated carbocycles. The average Bonchev–Trinajstić information content (AvgIpc) is 3.03. The van der Waals surface area contributed by atoms with Crippen molar-refractivity contribution in [2.75, 3.05) is 6.54 Å². The van der Waals surface area contributed by atoms with Crippen molar-refractivity contribution in [2.24, 2.45) is 0 Å². The van der Waals surface area contributed by atoms with Gasteiger partial charge in [-0.15, -0.1) is 0 Å². The van der Waals surface area contributed by atoms with E-state index in [0.29, 0.717) is 11.4 Å². The van der Waals surface area contributed by atoms with Gasteiger partial charge >= 0.3 is 0 Å². The summed E-state index contributed by atoms with van der Waals surface area (Å²) < 4.78 is 28.6. The highest BCUT2D eigenvalue weighted by Crippen LogP contribution is 2.23. The van der Waals surface area contributed by atoms with Crippen LogP contribution in [0.1, 0.15) is 23.0 Å². The van der Waals surface area contributed by atoms with Gasteiger partial charge in [-0.25, -0.2) is 13.1 Å². The number of hydrogen-bond acceptors (Lipinski definition) is 4. The maximum Gasteiger partial charge on any atom is 0.280 e. The molecule has 7 heteroatoms. The van der Waals surface area contributed by atoms with Crippen LogP contribution in [0, 0.1) is 6.92 Å². The van der Waals surface area contributed by atoms with Gasteiger partial charge in [0.1, 0.15) is 0 Å². The molecule has 0 atom stereocenters. The highest BCUT2D eigenvalue weighted by molar-refractivity contribution is 7.89. The van der Waals surface area contributed by atoms with Crippen molar-refractivity contribution in [3.8, 4) is 11.3 Å². The number of sulfonamides is 1. The van der Waals surface area contributed by atoms with Crippen molar-refractivity contribution >= 4 is 15.9 Å². The van der Waals surface area contributed by atoms with E-state index in [0.717, 1.165) is 5.56 Å². The second kappa shape index (κ2) is 7.23. The van der Waals surface area contributed by atoms with E-state index in [1.165, 1.54) is 16.8 Å². The zero-order valence-corrected chi connectivity index (χ0v) is 15.3. The van der Waals surface area contributed by atoms with Crippen LogP contribution in [0.25, 0.3) is 11.3 Å². The average molecular weight is 369 g/mol. The molecule has 0 fully saturated rings. The molecular weight excluding hydrogens is 350 g/mol. The summed E-state index contributed by atoms with van der Waals surface area (Å²) in [6.07, 6.45) is 0. The van der Waals surface area contributed by atoms with E-state index >= 15 is 0 Å². The fraction of sp³-hybridized carbons (Fsp3) is 0.158. The van der Waals surface area contributed by atoms with Crippen LogP contribution >= 0.6 is 0 Å². The number of hydrogen-bond donors (Lipinski definition) is 1. The van der Waals surface area contributed by atoms with E-state index in [1.807, 2.05) is 30.3 Å². The predicted octanol–water partition coefficient (Wildman–Crippen LogP) is 2.85. The molecule has 0 bridgehead atoms. The Hall–Kier alpha value is -2.77. The number of rotatable bonds is 5. The minimum atomic E-state index is -3.78. The third kappa shape index (κ3) is 3.44. The molecule has 0 aliphatic rings. The highest BCUT2D eigenvalue weighted by Gasteiger charge is 2.24. The first-order chi connectivity index (χ1) is 12.4. The molecule has 0 aliphatic carbocycles. The second-order valence-electron chi connectivity index (χ2n) is 5.75. The van der Waals surface area contributed by atoms with Gasteiger partial charge in [-0.2, -0.15) is 9.78 Å². The lowest BCUT2D eigenvalue weighted by Gasteiger charge is -2.11. The molecule has 0 spiro atoms. The van der Waals surface area contributed by atoms with Gasteiger partial charge in [0.2, 0.25) is 10.0 Å². The standard InChI is InChI=1S/C19H19N3O3S/c1-3-20-26(24,25)18-12-8-7-11-16(18)19(23)22-17(13-14(2)21-22)15-9-5-4-6-10-15/h4-13,20H,3H2,1-2H3. The van der Waals surface area contributed by atoms with Gasteiger partial charge in [-0.3, -0.25) is 4.79 Å². The highest BCUT2D eigenvalue weighted by atomic mass is 32.2. The summed E-state index contributed by atoms with van der Waals surface area (Å²) in [6.45, 7) is 3.71. The number of nitrogens with zero attached hydrogens (tertiary/aromatic N) is 2. The van der Waals surface area contributed by atoms with Crippen molar-refractivity contribution in [2.45, 2.75) is 18.7 Å². The SMILES string of the molecule is CCNS(=O)(=O)c1ccccc1C(=O)n1nc(C)cc1-c1ccccc1. The van der Waals surface area contributed by atoms with Gasteiger partial charge in [-0.05, 0) is 25.1 Å². The zero-order chi connectivity index (χ0) is 18.7. The first-order valence-corrected chi connectivity index (χ1v) is 9.68. The van der Waals surface area contributed by atoms with E-state index in [2.05, 4.69) is 9.82 Å². The number of carbonyl (C=O) groups excluding carboxylic acids is 1. The van der Waals surface area contributed by atoms with Crippen molar-refractivity contribution in [1.82, 2.24) is 14.5 Å². The number of benzene rings is 2. The molecule has 134 valence electrons. The Morgan fingerprint density at radius 2 is 1.73 bits per heavy atom. The molecule has 0 unspecified atom stereocenters. The third-order valence-electron chi connectivity index (χ3n) is 3.83. The zero-order valence-electron chi connectivity index (χ0n) is 14.5. The fourth-order valence-corrected chi connectivity index (χ4v) is 3.97. The first-order valence-electron chi connectivity index (χ1n) is 8.19. The summed E-state index contributed by atoms with van der Waals surface area (Å²) in [7, 11) is -3.78. The molecule has 0 radical (unpaired) electrons. The van der Waals surface area contributed by atoms with Crippen LogP contribution < -0.4 is 4.72 Å². The lowest BCUT2D eigenvalue weighted by Crippen LogP contribution is -2.26. The maximum absolute atomic E-state index is 13.1. The Kier molecular flexibility index (Phi) is 5.01. The monoisotopic (exact) mass is 369 g/mol. The van der Waals surface area contributed by atoms with Crippen molar-refractivity contribution in [3.63, 3.8) is 0 Å². The lowest BCUT2D eigenvalue weighted by molar-refractivity contribution is 0.0943.